The van der Waals surface area contributed by atoms with Gasteiger partial charge in [0.05, 0.1) is 17.4 Å². The Bertz CT molecular complexity index is 1040. The van der Waals surface area contributed by atoms with E-state index in [4.69, 9.17) is 5.73 Å². The van der Waals surface area contributed by atoms with Gasteiger partial charge in [-0.15, -0.1) is 16.4 Å². The Morgan fingerprint density at radius 1 is 1.19 bits per heavy atom. The van der Waals surface area contributed by atoms with Gasteiger partial charge in [-0.1, -0.05) is 18.2 Å². The summed E-state index contributed by atoms with van der Waals surface area (Å²) in [5.74, 6) is -0.256. The maximum absolute atomic E-state index is 12.8. The second-order valence-electron chi connectivity index (χ2n) is 6.68. The van der Waals surface area contributed by atoms with Gasteiger partial charge in [0.15, 0.2) is 0 Å². The average Bonchev–Trinajstić information content (AvgIpc) is 2.98. The van der Waals surface area contributed by atoms with Crippen LogP contribution in [0, 0.1) is 13.8 Å². The average molecular weight is 381 g/mol. The van der Waals surface area contributed by atoms with Crippen molar-refractivity contribution in [2.45, 2.75) is 19.9 Å². The van der Waals surface area contributed by atoms with E-state index in [0.717, 1.165) is 16.6 Å². The Hall–Kier alpha value is -3.00. The smallest absolute Gasteiger partial charge is 0.266 e. The van der Waals surface area contributed by atoms with Crippen LogP contribution in [0.3, 0.4) is 0 Å². The maximum Gasteiger partial charge on any atom is 0.266 e. The molecule has 0 saturated carbocycles. The fourth-order valence-corrected chi connectivity index (χ4v) is 4.21. The number of likely N-dealkylation sites (tertiary alicyclic amines) is 1. The summed E-state index contributed by atoms with van der Waals surface area (Å²) < 4.78 is 0. The number of hydrogen-bond acceptors (Lipinski definition) is 6. The Balaban J connectivity index is 1.45. The molecule has 0 bridgehead atoms. The van der Waals surface area contributed by atoms with Crippen LogP contribution in [0.15, 0.2) is 30.3 Å². The number of nitrogens with one attached hydrogen (secondary N) is 1. The lowest BCUT2D eigenvalue weighted by molar-refractivity contribution is 0.0548. The molecule has 27 heavy (non-hydrogen) atoms. The normalized spacial score (nSPS) is 14.2. The molecule has 0 aliphatic carbocycles. The number of rotatable bonds is 3. The van der Waals surface area contributed by atoms with E-state index in [1.165, 1.54) is 11.3 Å². The highest BCUT2D eigenvalue weighted by atomic mass is 32.1. The highest BCUT2D eigenvalue weighted by Crippen LogP contribution is 2.36. The topological polar surface area (TPSA) is 101 Å². The van der Waals surface area contributed by atoms with Gasteiger partial charge in [-0.2, -0.15) is 5.10 Å². The van der Waals surface area contributed by atoms with Crippen molar-refractivity contribution in [2.24, 2.45) is 0 Å². The van der Waals surface area contributed by atoms with E-state index in [1.807, 2.05) is 32.0 Å². The summed E-state index contributed by atoms with van der Waals surface area (Å²) in [5.41, 5.74) is 9.07. The van der Waals surface area contributed by atoms with Crippen molar-refractivity contribution >= 4 is 39.1 Å². The van der Waals surface area contributed by atoms with E-state index < -0.39 is 0 Å². The van der Waals surface area contributed by atoms with Gasteiger partial charge in [-0.05, 0) is 31.5 Å². The Morgan fingerprint density at radius 3 is 2.59 bits per heavy atom. The molecule has 0 unspecified atom stereocenters. The molecule has 138 valence electrons. The SMILES string of the molecule is Cc1nnc2sc(C(=O)N3CC(NC(=O)c4ccccc4)C3)c(N)c2c1C. The Labute approximate surface area is 160 Å². The summed E-state index contributed by atoms with van der Waals surface area (Å²) in [7, 11) is 0. The molecular formula is C19H19N5O2S. The van der Waals surface area contributed by atoms with E-state index >= 15 is 0 Å². The van der Waals surface area contributed by atoms with Gasteiger partial charge in [-0.3, -0.25) is 9.59 Å². The highest BCUT2D eigenvalue weighted by molar-refractivity contribution is 7.21. The molecule has 3 heterocycles. The molecule has 7 nitrogen and oxygen atoms in total. The van der Waals surface area contributed by atoms with Gasteiger partial charge < -0.3 is 16.0 Å². The lowest BCUT2D eigenvalue weighted by atomic mass is 10.1. The Morgan fingerprint density at radius 2 is 1.89 bits per heavy atom. The maximum atomic E-state index is 12.8. The van der Waals surface area contributed by atoms with Gasteiger partial charge in [0.2, 0.25) is 0 Å². The van der Waals surface area contributed by atoms with Crippen LogP contribution in [0.5, 0.6) is 0 Å². The monoisotopic (exact) mass is 381 g/mol. The minimum Gasteiger partial charge on any atom is -0.397 e. The summed E-state index contributed by atoms with van der Waals surface area (Å²) in [6.45, 7) is 4.74. The molecule has 2 aromatic heterocycles. The van der Waals surface area contributed by atoms with Gasteiger partial charge in [0, 0.05) is 24.0 Å². The first-order chi connectivity index (χ1) is 13.0. The second kappa shape index (κ2) is 6.62. The number of nitrogen functional groups attached to an aromatic ring is 1. The van der Waals surface area contributed by atoms with Crippen molar-refractivity contribution in [3.8, 4) is 0 Å². The molecule has 1 fully saturated rings. The van der Waals surface area contributed by atoms with E-state index in [9.17, 15) is 9.59 Å². The Kier molecular flexibility index (Phi) is 4.27. The highest BCUT2D eigenvalue weighted by Gasteiger charge is 2.34. The summed E-state index contributed by atoms with van der Waals surface area (Å²) in [6.07, 6.45) is 0. The summed E-state index contributed by atoms with van der Waals surface area (Å²) in [6, 6.07) is 8.98. The fourth-order valence-electron chi connectivity index (χ4n) is 3.14. The largest absolute Gasteiger partial charge is 0.397 e. The minimum atomic E-state index is -0.129. The predicted octanol–water partition coefficient (Wildman–Crippen LogP) is 2.14. The third kappa shape index (κ3) is 3.02. The molecule has 1 saturated heterocycles. The number of thiophene rings is 1. The number of aromatic nitrogens is 2. The van der Waals surface area contributed by atoms with Crippen LogP contribution in [0.1, 0.15) is 31.3 Å². The number of nitrogens with zero attached hydrogens (tertiary/aromatic N) is 3. The van der Waals surface area contributed by atoms with Gasteiger partial charge in [-0.25, -0.2) is 0 Å². The van der Waals surface area contributed by atoms with Crippen molar-refractivity contribution in [3.63, 3.8) is 0 Å². The summed E-state index contributed by atoms with van der Waals surface area (Å²) in [5, 5.41) is 12.0. The number of amides is 2. The quantitative estimate of drug-likeness (QED) is 0.724. The van der Waals surface area contributed by atoms with E-state index in [1.54, 1.807) is 17.0 Å². The van der Waals surface area contributed by atoms with Crippen molar-refractivity contribution < 1.29 is 9.59 Å². The molecule has 0 radical (unpaired) electrons. The lowest BCUT2D eigenvalue weighted by Gasteiger charge is -2.39. The predicted molar refractivity (Wildman–Crippen MR) is 105 cm³/mol. The number of fused-ring (bicyclic) bond motifs is 1. The third-order valence-electron chi connectivity index (χ3n) is 4.87. The van der Waals surface area contributed by atoms with Crippen molar-refractivity contribution in [3.05, 3.63) is 52.0 Å². The molecule has 1 aromatic carbocycles. The van der Waals surface area contributed by atoms with Crippen LogP contribution >= 0.6 is 11.3 Å². The number of hydrogen-bond donors (Lipinski definition) is 2. The van der Waals surface area contributed by atoms with Crippen LogP contribution in [0.2, 0.25) is 0 Å². The first-order valence-electron chi connectivity index (χ1n) is 8.62. The van der Waals surface area contributed by atoms with Crippen LogP contribution in [0.25, 0.3) is 10.2 Å². The van der Waals surface area contributed by atoms with Crippen molar-refractivity contribution in [2.75, 3.05) is 18.8 Å². The molecule has 0 atom stereocenters. The first kappa shape index (κ1) is 17.4. The number of benzene rings is 1. The molecule has 2 amide bonds. The lowest BCUT2D eigenvalue weighted by Crippen LogP contribution is -2.60. The minimum absolute atomic E-state index is 0.0546. The number of carbonyl (C=O) groups is 2. The van der Waals surface area contributed by atoms with Crippen molar-refractivity contribution in [1.29, 1.82) is 0 Å². The molecule has 1 aliphatic rings. The van der Waals surface area contributed by atoms with Gasteiger partial charge >= 0.3 is 0 Å². The zero-order valence-corrected chi connectivity index (χ0v) is 15.8. The zero-order chi connectivity index (χ0) is 19.1. The molecule has 3 aromatic rings. The zero-order valence-electron chi connectivity index (χ0n) is 15.0. The van der Waals surface area contributed by atoms with E-state index in [-0.39, 0.29) is 17.9 Å². The molecule has 3 N–H and O–H groups in total. The molecule has 0 spiro atoms. The number of aryl methyl sites for hydroxylation is 2. The van der Waals surface area contributed by atoms with Crippen LogP contribution in [-0.2, 0) is 0 Å². The summed E-state index contributed by atoms with van der Waals surface area (Å²) >= 11 is 1.27. The van der Waals surface area contributed by atoms with Crippen molar-refractivity contribution in [1.82, 2.24) is 20.4 Å². The molecule has 1 aliphatic heterocycles. The van der Waals surface area contributed by atoms with Crippen LogP contribution in [-0.4, -0.2) is 46.0 Å². The van der Waals surface area contributed by atoms with Gasteiger partial charge in [0.1, 0.15) is 9.71 Å². The second-order valence-corrected chi connectivity index (χ2v) is 7.68. The standard InChI is InChI=1S/C19H19N5O2S/c1-10-11(2)22-23-18-14(10)15(20)16(27-18)19(26)24-8-13(9-24)21-17(25)12-6-4-3-5-7-12/h3-7,13H,8-9,20H2,1-2H3,(H,21,25). The number of nitrogens with two attached hydrogens (primary N) is 1. The van der Waals surface area contributed by atoms with Gasteiger partial charge in [0.25, 0.3) is 11.8 Å². The molecule has 4 rings (SSSR count). The summed E-state index contributed by atoms with van der Waals surface area (Å²) in [4.78, 5) is 27.8. The van der Waals surface area contributed by atoms with E-state index in [0.29, 0.717) is 34.0 Å². The first-order valence-corrected chi connectivity index (χ1v) is 9.44. The number of carbonyl (C=O) groups excluding carboxylic acids is 2. The molecular weight excluding hydrogens is 362 g/mol. The van der Waals surface area contributed by atoms with Crippen LogP contribution < -0.4 is 11.1 Å². The molecule has 8 heteroatoms. The van der Waals surface area contributed by atoms with E-state index in [2.05, 4.69) is 15.5 Å². The fraction of sp³-hybridized carbons (Fsp3) is 0.263. The van der Waals surface area contributed by atoms with Crippen LogP contribution in [0.4, 0.5) is 5.69 Å². The number of anilines is 1. The third-order valence-corrected chi connectivity index (χ3v) is 5.95.